The van der Waals surface area contributed by atoms with E-state index >= 15 is 0 Å². The smallest absolute Gasteiger partial charge is 0.351 e. The quantitative estimate of drug-likeness (QED) is 0.773. The zero-order valence-electron chi connectivity index (χ0n) is 13.1. The lowest BCUT2D eigenvalue weighted by molar-refractivity contribution is -0.138. The van der Waals surface area contributed by atoms with Crippen LogP contribution in [0.15, 0.2) is 12.3 Å². The van der Waals surface area contributed by atoms with Gasteiger partial charge in [0.05, 0.1) is 5.56 Å². The Balaban J connectivity index is 1.42. The predicted molar refractivity (Wildman–Crippen MR) is 85.5 cm³/mol. The van der Waals surface area contributed by atoms with E-state index in [-0.39, 0.29) is 5.82 Å². The van der Waals surface area contributed by atoms with Crippen LogP contribution in [0.4, 0.5) is 28.5 Å². The van der Waals surface area contributed by atoms with Crippen LogP contribution in [0.2, 0.25) is 0 Å². The number of alkyl halides is 3. The average molecular weight is 373 g/mol. The third-order valence-electron chi connectivity index (χ3n) is 4.37. The molecule has 0 atom stereocenters. The first kappa shape index (κ1) is 16.5. The summed E-state index contributed by atoms with van der Waals surface area (Å²) in [4.78, 5) is 12.0. The third kappa shape index (κ3) is 3.39. The van der Waals surface area contributed by atoms with Crippen molar-refractivity contribution < 1.29 is 17.6 Å². The molecule has 10 heteroatoms. The molecule has 0 amide bonds. The minimum atomic E-state index is -4.60. The van der Waals surface area contributed by atoms with E-state index in [2.05, 4.69) is 19.2 Å². The van der Waals surface area contributed by atoms with E-state index in [4.69, 9.17) is 0 Å². The van der Waals surface area contributed by atoms with Gasteiger partial charge in [0.1, 0.15) is 5.82 Å². The van der Waals surface area contributed by atoms with Gasteiger partial charge in [0.2, 0.25) is 5.13 Å². The van der Waals surface area contributed by atoms with Crippen LogP contribution in [-0.4, -0.2) is 40.5 Å². The molecule has 0 radical (unpaired) electrons. The van der Waals surface area contributed by atoms with Gasteiger partial charge >= 0.3 is 6.18 Å². The van der Waals surface area contributed by atoms with Crippen molar-refractivity contribution in [3.05, 3.63) is 29.5 Å². The summed E-state index contributed by atoms with van der Waals surface area (Å²) in [6, 6.07) is 0.501. The van der Waals surface area contributed by atoms with Gasteiger partial charge in [-0.05, 0) is 18.9 Å². The van der Waals surface area contributed by atoms with E-state index in [0.29, 0.717) is 44.4 Å². The second kappa shape index (κ2) is 6.08. The fourth-order valence-corrected chi connectivity index (χ4v) is 3.59. The average Bonchev–Trinajstić information content (AvgIpc) is 3.31. The van der Waals surface area contributed by atoms with Crippen LogP contribution in [0, 0.1) is 5.82 Å². The molecular formula is C15H15F4N5S. The summed E-state index contributed by atoms with van der Waals surface area (Å²) in [5, 5.41) is 0.849. The summed E-state index contributed by atoms with van der Waals surface area (Å²) in [7, 11) is 0. The van der Waals surface area contributed by atoms with Crippen LogP contribution < -0.4 is 9.80 Å². The minimum Gasteiger partial charge on any atom is -0.351 e. The van der Waals surface area contributed by atoms with Crippen LogP contribution in [0.3, 0.4) is 0 Å². The predicted octanol–water partition coefficient (Wildman–Crippen LogP) is 3.30. The molecule has 25 heavy (non-hydrogen) atoms. The number of hydrogen-bond acceptors (Lipinski definition) is 6. The second-order valence-electron chi connectivity index (χ2n) is 6.21. The molecule has 2 aromatic rings. The van der Waals surface area contributed by atoms with Gasteiger partial charge in [-0.3, -0.25) is 0 Å². The van der Waals surface area contributed by atoms with Crippen molar-refractivity contribution in [1.29, 1.82) is 0 Å². The van der Waals surface area contributed by atoms with Gasteiger partial charge in [-0.15, -0.1) is 0 Å². The number of anilines is 2. The standard InChI is InChI=1S/C15H15F4N5S/c16-11-7-10(15(17,18)19)8-20-13(11)23-3-5-24(6-4-23)14-21-12(22-25-14)9-1-2-9/h7-9H,1-6H2. The number of nitrogens with zero attached hydrogens (tertiary/aromatic N) is 5. The first-order valence-corrected chi connectivity index (χ1v) is 8.75. The van der Waals surface area contributed by atoms with Crippen LogP contribution in [0.5, 0.6) is 0 Å². The Bertz CT molecular complexity index is 766. The van der Waals surface area contributed by atoms with Crippen LogP contribution in [-0.2, 0) is 6.18 Å². The summed E-state index contributed by atoms with van der Waals surface area (Å²) in [5.74, 6) is 0.411. The monoisotopic (exact) mass is 373 g/mol. The van der Waals surface area contributed by atoms with Gasteiger partial charge in [0.15, 0.2) is 11.6 Å². The maximum absolute atomic E-state index is 14.0. The van der Waals surface area contributed by atoms with E-state index in [1.165, 1.54) is 11.5 Å². The molecule has 0 aromatic carbocycles. The molecule has 1 saturated heterocycles. The van der Waals surface area contributed by atoms with Crippen molar-refractivity contribution in [3.63, 3.8) is 0 Å². The van der Waals surface area contributed by atoms with E-state index in [0.717, 1.165) is 23.8 Å². The molecule has 0 unspecified atom stereocenters. The molecule has 134 valence electrons. The molecule has 4 rings (SSSR count). The van der Waals surface area contributed by atoms with Gasteiger partial charge in [0, 0.05) is 49.8 Å². The molecular weight excluding hydrogens is 358 g/mol. The number of aromatic nitrogens is 3. The lowest BCUT2D eigenvalue weighted by Gasteiger charge is -2.35. The highest BCUT2D eigenvalue weighted by Gasteiger charge is 2.33. The van der Waals surface area contributed by atoms with Gasteiger partial charge in [0.25, 0.3) is 0 Å². The molecule has 1 saturated carbocycles. The third-order valence-corrected chi connectivity index (χ3v) is 5.16. The molecule has 2 aromatic heterocycles. The Morgan fingerprint density at radius 2 is 1.76 bits per heavy atom. The molecule has 1 aliphatic carbocycles. The fraction of sp³-hybridized carbons (Fsp3) is 0.533. The van der Waals surface area contributed by atoms with Crippen LogP contribution in [0.1, 0.15) is 30.1 Å². The molecule has 0 spiro atoms. The van der Waals surface area contributed by atoms with Crippen molar-refractivity contribution in [2.24, 2.45) is 0 Å². The zero-order valence-corrected chi connectivity index (χ0v) is 13.9. The lowest BCUT2D eigenvalue weighted by Crippen LogP contribution is -2.47. The maximum Gasteiger partial charge on any atom is 0.417 e. The largest absolute Gasteiger partial charge is 0.417 e. The van der Waals surface area contributed by atoms with Crippen molar-refractivity contribution in [2.75, 3.05) is 36.0 Å². The molecule has 0 N–H and O–H groups in total. The van der Waals surface area contributed by atoms with E-state index in [9.17, 15) is 17.6 Å². The SMILES string of the molecule is Fc1cc(C(F)(F)F)cnc1N1CCN(c2nc(C3CC3)ns2)CC1. The Labute approximate surface area is 145 Å². The normalized spacial score (nSPS) is 18.7. The van der Waals surface area contributed by atoms with Crippen molar-refractivity contribution >= 4 is 22.5 Å². The first-order chi connectivity index (χ1) is 11.9. The van der Waals surface area contributed by atoms with E-state index in [1.807, 2.05) is 0 Å². The van der Waals surface area contributed by atoms with Crippen molar-refractivity contribution in [2.45, 2.75) is 24.9 Å². The summed E-state index contributed by atoms with van der Waals surface area (Å²) < 4.78 is 56.2. The second-order valence-corrected chi connectivity index (χ2v) is 6.94. The van der Waals surface area contributed by atoms with Crippen molar-refractivity contribution in [1.82, 2.24) is 14.3 Å². The molecule has 2 fully saturated rings. The lowest BCUT2D eigenvalue weighted by atomic mass is 10.2. The molecule has 1 aliphatic heterocycles. The highest BCUT2D eigenvalue weighted by atomic mass is 32.1. The Kier molecular flexibility index (Phi) is 4.01. The summed E-state index contributed by atoms with van der Waals surface area (Å²) >= 11 is 1.36. The van der Waals surface area contributed by atoms with Crippen LogP contribution >= 0.6 is 11.5 Å². The van der Waals surface area contributed by atoms with Gasteiger partial charge in [-0.2, -0.15) is 17.5 Å². The molecule has 2 aliphatic rings. The topological polar surface area (TPSA) is 45.2 Å². The fourth-order valence-electron chi connectivity index (χ4n) is 2.79. The maximum atomic E-state index is 14.0. The highest BCUT2D eigenvalue weighted by molar-refractivity contribution is 7.09. The number of piperazine rings is 1. The number of hydrogen-bond donors (Lipinski definition) is 0. The number of rotatable bonds is 3. The number of halogens is 4. The first-order valence-electron chi connectivity index (χ1n) is 7.98. The summed E-state index contributed by atoms with van der Waals surface area (Å²) in [6.45, 7) is 2.13. The van der Waals surface area contributed by atoms with Gasteiger partial charge in [-0.25, -0.2) is 14.4 Å². The minimum absolute atomic E-state index is 0.0383. The van der Waals surface area contributed by atoms with E-state index in [1.54, 1.807) is 4.90 Å². The molecule has 3 heterocycles. The highest BCUT2D eigenvalue weighted by Crippen LogP contribution is 2.40. The Morgan fingerprint density at radius 3 is 2.36 bits per heavy atom. The number of pyridine rings is 1. The Hall–Kier alpha value is -1.97. The molecule has 0 bridgehead atoms. The van der Waals surface area contributed by atoms with Crippen molar-refractivity contribution in [3.8, 4) is 0 Å². The van der Waals surface area contributed by atoms with Gasteiger partial charge < -0.3 is 9.80 Å². The van der Waals surface area contributed by atoms with E-state index < -0.39 is 17.6 Å². The Morgan fingerprint density at radius 1 is 1.08 bits per heavy atom. The van der Waals surface area contributed by atoms with Crippen LogP contribution in [0.25, 0.3) is 0 Å². The zero-order chi connectivity index (χ0) is 17.6. The summed E-state index contributed by atoms with van der Waals surface area (Å²) in [6.07, 6.45) is -1.63. The summed E-state index contributed by atoms with van der Waals surface area (Å²) in [5.41, 5.74) is -1.08. The van der Waals surface area contributed by atoms with Gasteiger partial charge in [-0.1, -0.05) is 0 Å². The molecule has 5 nitrogen and oxygen atoms in total.